The molecule has 1 heterocycles. The first-order chi connectivity index (χ1) is 10.9. The molecule has 0 atom stereocenters. The lowest BCUT2D eigenvalue weighted by molar-refractivity contribution is -0.384. The Hall–Kier alpha value is -1.75. The van der Waals surface area contributed by atoms with Gasteiger partial charge >= 0.3 is 0 Å². The van der Waals surface area contributed by atoms with Crippen LogP contribution in [0.15, 0.2) is 18.2 Å². The molecule has 5 nitrogen and oxygen atoms in total. The summed E-state index contributed by atoms with van der Waals surface area (Å²) in [6.07, 6.45) is 6.07. The smallest absolute Gasteiger partial charge is 0.270 e. The lowest BCUT2D eigenvalue weighted by Gasteiger charge is -2.45. The summed E-state index contributed by atoms with van der Waals surface area (Å²) in [5.41, 5.74) is 1.68. The van der Waals surface area contributed by atoms with Crippen LogP contribution in [0.3, 0.4) is 0 Å². The molecule has 0 N–H and O–H groups in total. The first kappa shape index (κ1) is 14.8. The number of hydrogen-bond donors (Lipinski definition) is 0. The Morgan fingerprint density at radius 3 is 2.43 bits per heavy atom. The van der Waals surface area contributed by atoms with Crippen LogP contribution in [-0.4, -0.2) is 34.2 Å². The number of ketones is 1. The molecule has 1 spiro atoms. The summed E-state index contributed by atoms with van der Waals surface area (Å²) in [6.45, 7) is 4.27. The Balaban J connectivity index is 1.59. The van der Waals surface area contributed by atoms with E-state index >= 15 is 0 Å². The molecule has 23 heavy (non-hydrogen) atoms. The molecule has 4 rings (SSSR count). The maximum atomic E-state index is 13.1. The van der Waals surface area contributed by atoms with E-state index in [1.165, 1.54) is 25.0 Å². The molecule has 5 heteroatoms. The molecular formula is C18H22N2O3. The van der Waals surface area contributed by atoms with Crippen molar-refractivity contribution in [2.24, 2.45) is 5.41 Å². The van der Waals surface area contributed by atoms with Crippen molar-refractivity contribution in [2.75, 3.05) is 13.1 Å². The third-order valence-electron chi connectivity index (χ3n) is 6.36. The van der Waals surface area contributed by atoms with E-state index in [-0.39, 0.29) is 16.9 Å². The minimum atomic E-state index is -0.411. The minimum Gasteiger partial charge on any atom is -0.298 e. The van der Waals surface area contributed by atoms with E-state index in [1.807, 2.05) is 0 Å². The molecule has 0 bridgehead atoms. The van der Waals surface area contributed by atoms with Crippen LogP contribution in [0, 0.1) is 15.5 Å². The molecule has 1 aromatic rings. The molecule has 1 aliphatic heterocycles. The first-order valence-electron chi connectivity index (χ1n) is 8.51. The van der Waals surface area contributed by atoms with Crippen LogP contribution in [0.1, 0.15) is 54.9 Å². The third-order valence-corrected chi connectivity index (χ3v) is 6.36. The number of nitro benzene ring substituents is 1. The van der Waals surface area contributed by atoms with Crippen LogP contribution < -0.4 is 0 Å². The van der Waals surface area contributed by atoms with Crippen LogP contribution >= 0.6 is 0 Å². The van der Waals surface area contributed by atoms with Gasteiger partial charge in [0.1, 0.15) is 0 Å². The highest BCUT2D eigenvalue weighted by molar-refractivity contribution is 6.03. The number of non-ortho nitro benzene ring substituents is 1. The highest BCUT2D eigenvalue weighted by Gasteiger charge is 2.50. The predicted molar refractivity (Wildman–Crippen MR) is 86.6 cm³/mol. The molecule has 0 radical (unpaired) electrons. The highest BCUT2D eigenvalue weighted by Crippen LogP contribution is 2.48. The molecule has 0 amide bonds. The van der Waals surface area contributed by atoms with Crippen molar-refractivity contribution < 1.29 is 9.72 Å². The number of likely N-dealkylation sites (tertiary alicyclic amines) is 1. The monoisotopic (exact) mass is 314 g/mol. The van der Waals surface area contributed by atoms with Gasteiger partial charge in [-0.15, -0.1) is 0 Å². The summed E-state index contributed by atoms with van der Waals surface area (Å²) in [5.74, 6) is 0.142. The van der Waals surface area contributed by atoms with Gasteiger partial charge in [-0.2, -0.15) is 0 Å². The second-order valence-electron chi connectivity index (χ2n) is 7.69. The number of benzene rings is 1. The second-order valence-corrected chi connectivity index (χ2v) is 7.69. The van der Waals surface area contributed by atoms with Gasteiger partial charge in [-0.1, -0.05) is 6.07 Å². The van der Waals surface area contributed by atoms with E-state index in [4.69, 9.17) is 0 Å². The topological polar surface area (TPSA) is 63.4 Å². The van der Waals surface area contributed by atoms with Crippen molar-refractivity contribution in [1.29, 1.82) is 0 Å². The summed E-state index contributed by atoms with van der Waals surface area (Å²) in [7, 11) is 0. The average molecular weight is 314 g/mol. The fourth-order valence-corrected chi connectivity index (χ4v) is 4.33. The number of Topliss-reactive ketones (excluding diaryl/α,β-unsaturated/α-hetero) is 1. The first-order valence-corrected chi connectivity index (χ1v) is 8.51. The molecule has 2 aliphatic carbocycles. The van der Waals surface area contributed by atoms with Crippen LogP contribution in [0.4, 0.5) is 5.69 Å². The fraction of sp³-hybridized carbons (Fsp3) is 0.611. The van der Waals surface area contributed by atoms with Gasteiger partial charge in [0, 0.05) is 28.7 Å². The van der Waals surface area contributed by atoms with E-state index in [1.54, 1.807) is 6.07 Å². The van der Waals surface area contributed by atoms with E-state index < -0.39 is 4.92 Å². The lowest BCUT2D eigenvalue weighted by atomic mass is 9.65. The Labute approximate surface area is 135 Å². The summed E-state index contributed by atoms with van der Waals surface area (Å²) in [4.78, 5) is 26.2. The maximum Gasteiger partial charge on any atom is 0.270 e. The Morgan fingerprint density at radius 2 is 1.83 bits per heavy atom. The largest absolute Gasteiger partial charge is 0.298 e. The standard InChI is InChI=1S/C18H22N2O3/c1-17(6-7-17)19-10-8-18(9-11-19)5-4-13-2-3-14(20(22)23)12-15(13)16(18)21/h2-3,12H,4-11H2,1H3. The van der Waals surface area contributed by atoms with Gasteiger partial charge in [0.05, 0.1) is 4.92 Å². The molecule has 122 valence electrons. The van der Waals surface area contributed by atoms with E-state index in [0.29, 0.717) is 11.1 Å². The van der Waals surface area contributed by atoms with Gasteiger partial charge in [0.25, 0.3) is 5.69 Å². The van der Waals surface area contributed by atoms with Crippen molar-refractivity contribution in [3.05, 3.63) is 39.4 Å². The molecule has 0 aromatic heterocycles. The summed E-state index contributed by atoms with van der Waals surface area (Å²) >= 11 is 0. The quantitative estimate of drug-likeness (QED) is 0.620. The number of piperidine rings is 1. The number of nitrogens with zero attached hydrogens (tertiary/aromatic N) is 2. The molecular weight excluding hydrogens is 292 g/mol. The number of nitro groups is 1. The van der Waals surface area contributed by atoms with E-state index in [0.717, 1.165) is 44.3 Å². The normalized spacial score (nSPS) is 25.2. The number of fused-ring (bicyclic) bond motifs is 1. The van der Waals surface area contributed by atoms with Gasteiger partial charge in [-0.3, -0.25) is 19.8 Å². The van der Waals surface area contributed by atoms with E-state index in [9.17, 15) is 14.9 Å². The maximum absolute atomic E-state index is 13.1. The zero-order chi connectivity index (χ0) is 16.2. The van der Waals surface area contributed by atoms with E-state index in [2.05, 4.69) is 11.8 Å². The van der Waals surface area contributed by atoms with Crippen LogP contribution in [0.25, 0.3) is 0 Å². The average Bonchev–Trinajstić information content (AvgIpc) is 3.30. The predicted octanol–water partition coefficient (Wildman–Crippen LogP) is 3.36. The van der Waals surface area contributed by atoms with Gasteiger partial charge in [0.2, 0.25) is 0 Å². The lowest BCUT2D eigenvalue weighted by Crippen LogP contribution is -2.49. The number of carbonyl (C=O) groups excluding carboxylic acids is 1. The minimum absolute atomic E-state index is 0.0251. The Morgan fingerprint density at radius 1 is 1.13 bits per heavy atom. The van der Waals surface area contributed by atoms with Crippen LogP contribution in [-0.2, 0) is 6.42 Å². The summed E-state index contributed by atoms with van der Waals surface area (Å²) < 4.78 is 0. The number of aryl methyl sites for hydroxylation is 1. The summed E-state index contributed by atoms with van der Waals surface area (Å²) in [5, 5.41) is 11.0. The number of hydrogen-bond acceptors (Lipinski definition) is 4. The zero-order valence-electron chi connectivity index (χ0n) is 13.5. The number of carbonyl (C=O) groups is 1. The zero-order valence-corrected chi connectivity index (χ0v) is 13.5. The van der Waals surface area contributed by atoms with Crippen LogP contribution in [0.2, 0.25) is 0 Å². The molecule has 3 aliphatic rings. The Kier molecular flexibility index (Phi) is 3.14. The van der Waals surface area contributed by atoms with Gasteiger partial charge in [-0.05, 0) is 64.1 Å². The molecule has 1 aromatic carbocycles. The summed E-state index contributed by atoms with van der Waals surface area (Å²) in [6, 6.07) is 4.77. The SMILES string of the molecule is CC1(N2CCC3(CCc4ccc([N+](=O)[O-])cc4C3=O)CC2)CC1. The van der Waals surface area contributed by atoms with Crippen molar-refractivity contribution in [1.82, 2.24) is 4.90 Å². The molecule has 1 saturated heterocycles. The van der Waals surface area contributed by atoms with Gasteiger partial charge in [-0.25, -0.2) is 0 Å². The van der Waals surface area contributed by atoms with Crippen molar-refractivity contribution >= 4 is 11.5 Å². The van der Waals surface area contributed by atoms with Crippen molar-refractivity contribution in [3.8, 4) is 0 Å². The van der Waals surface area contributed by atoms with Crippen molar-refractivity contribution in [2.45, 2.75) is 51.0 Å². The Bertz CT molecular complexity index is 686. The van der Waals surface area contributed by atoms with Gasteiger partial charge in [0.15, 0.2) is 5.78 Å². The molecule has 1 saturated carbocycles. The van der Waals surface area contributed by atoms with Crippen LogP contribution in [0.5, 0.6) is 0 Å². The molecule has 0 unspecified atom stereocenters. The third kappa shape index (κ3) is 2.29. The van der Waals surface area contributed by atoms with Crippen molar-refractivity contribution in [3.63, 3.8) is 0 Å². The van der Waals surface area contributed by atoms with Gasteiger partial charge < -0.3 is 0 Å². The highest BCUT2D eigenvalue weighted by atomic mass is 16.6. The number of rotatable bonds is 2. The second kappa shape index (κ2) is 4.87. The fourth-order valence-electron chi connectivity index (χ4n) is 4.33. The molecule has 2 fully saturated rings.